The molecule has 1 amide bonds. The lowest BCUT2D eigenvalue weighted by Crippen LogP contribution is -2.24. The van der Waals surface area contributed by atoms with Crippen LogP contribution in [0, 0.1) is 0 Å². The van der Waals surface area contributed by atoms with Crippen LogP contribution in [0.5, 0.6) is 0 Å². The molecule has 8 heavy (non-hydrogen) atoms. The summed E-state index contributed by atoms with van der Waals surface area (Å²) in [6, 6.07) is 0. The van der Waals surface area contributed by atoms with Crippen LogP contribution in [0.2, 0.25) is 0 Å². The molecule has 0 spiro atoms. The second-order valence-corrected chi connectivity index (χ2v) is 1.92. The summed E-state index contributed by atoms with van der Waals surface area (Å²) in [7, 11) is -5.07. The van der Waals surface area contributed by atoms with E-state index in [9.17, 15) is 17.1 Å². The van der Waals surface area contributed by atoms with Gasteiger partial charge in [0.2, 0.25) is 0 Å². The number of carboxylic acid groups (broad SMARTS) is 1. The summed E-state index contributed by atoms with van der Waals surface area (Å²) in [6.07, 6.45) is -1.94. The van der Waals surface area contributed by atoms with Crippen LogP contribution >= 0.6 is 0 Å². The minimum atomic E-state index is -5.07. The van der Waals surface area contributed by atoms with Crippen molar-refractivity contribution in [2.24, 2.45) is 0 Å². The third kappa shape index (κ3) is 5.15. The maximum Gasteiger partial charge on any atom is 0.420 e. The molecule has 0 saturated heterocycles. The molecule has 7 heteroatoms. The first-order valence-corrected chi connectivity index (χ1v) is 2.75. The van der Waals surface area contributed by atoms with Crippen LogP contribution in [0.25, 0.3) is 0 Å². The van der Waals surface area contributed by atoms with Gasteiger partial charge in [-0.05, 0) is 0 Å². The molecular formula is CH2FNO4S. The summed E-state index contributed by atoms with van der Waals surface area (Å²) in [4.78, 5) is 9.28. The van der Waals surface area contributed by atoms with Crippen molar-refractivity contribution in [3.05, 3.63) is 0 Å². The minimum Gasteiger partial charge on any atom is -0.464 e. The second kappa shape index (κ2) is 1.95. The fourth-order valence-corrected chi connectivity index (χ4v) is 0.313. The van der Waals surface area contributed by atoms with Crippen molar-refractivity contribution in [1.29, 1.82) is 0 Å². The first kappa shape index (κ1) is 7.15. The molecule has 0 bridgehead atoms. The van der Waals surface area contributed by atoms with E-state index in [1.54, 1.807) is 0 Å². The number of amides is 1. The smallest absolute Gasteiger partial charge is 0.420 e. The summed E-state index contributed by atoms with van der Waals surface area (Å²) in [5, 5.41) is 7.52. The Bertz CT molecular complexity index is 182. The summed E-state index contributed by atoms with van der Waals surface area (Å²) < 4.78 is 30.3. The highest BCUT2D eigenvalue weighted by atomic mass is 32.3. The maximum atomic E-state index is 11.1. The Kier molecular flexibility index (Phi) is 1.74. The Morgan fingerprint density at radius 1 is 1.62 bits per heavy atom. The van der Waals surface area contributed by atoms with Crippen molar-refractivity contribution >= 4 is 16.5 Å². The van der Waals surface area contributed by atoms with Crippen molar-refractivity contribution in [3.63, 3.8) is 0 Å². The number of hydrogen-bond acceptors (Lipinski definition) is 3. The number of rotatable bonds is 1. The van der Waals surface area contributed by atoms with Gasteiger partial charge < -0.3 is 5.11 Å². The molecule has 0 aliphatic rings. The van der Waals surface area contributed by atoms with E-state index in [1.165, 1.54) is 0 Å². The number of nitrogens with one attached hydrogen (secondary N) is 1. The summed E-state index contributed by atoms with van der Waals surface area (Å²) in [5.41, 5.74) is 0. The maximum absolute atomic E-state index is 11.1. The van der Waals surface area contributed by atoms with Gasteiger partial charge in [0.25, 0.3) is 0 Å². The molecule has 0 aromatic rings. The molecule has 0 aliphatic carbocycles. The zero-order valence-electron chi connectivity index (χ0n) is 3.46. The monoisotopic (exact) mass is 143 g/mol. The molecule has 0 aromatic heterocycles. The normalized spacial score (nSPS) is 10.6. The largest absolute Gasteiger partial charge is 0.464 e. The Morgan fingerprint density at radius 3 is 2.00 bits per heavy atom. The van der Waals surface area contributed by atoms with Gasteiger partial charge in [-0.15, -0.1) is 0 Å². The Morgan fingerprint density at radius 2 is 2.00 bits per heavy atom. The van der Waals surface area contributed by atoms with E-state index in [1.807, 2.05) is 0 Å². The van der Waals surface area contributed by atoms with Crippen molar-refractivity contribution < 1.29 is 22.2 Å². The number of halogens is 1. The third-order valence-corrected chi connectivity index (χ3v) is 0.628. The molecule has 0 rings (SSSR count). The fraction of sp³-hybridized carbons (Fsp3) is 0. The summed E-state index contributed by atoms with van der Waals surface area (Å²) in [6.45, 7) is 0. The van der Waals surface area contributed by atoms with Crippen LogP contribution in [0.4, 0.5) is 8.68 Å². The SMILES string of the molecule is O=C(O)NS(=O)(=O)F. The van der Waals surface area contributed by atoms with Crippen LogP contribution in [0.15, 0.2) is 0 Å². The van der Waals surface area contributed by atoms with E-state index in [-0.39, 0.29) is 0 Å². The van der Waals surface area contributed by atoms with Crippen LogP contribution < -0.4 is 4.72 Å². The van der Waals surface area contributed by atoms with Gasteiger partial charge in [0.05, 0.1) is 0 Å². The van der Waals surface area contributed by atoms with Crippen LogP contribution in [-0.2, 0) is 10.4 Å². The lowest BCUT2D eigenvalue weighted by molar-refractivity contribution is 0.200. The van der Waals surface area contributed by atoms with E-state index in [4.69, 9.17) is 5.11 Å². The molecule has 0 unspecified atom stereocenters. The van der Waals surface area contributed by atoms with Crippen LogP contribution in [-0.4, -0.2) is 19.6 Å². The quantitative estimate of drug-likeness (QED) is 0.483. The van der Waals surface area contributed by atoms with Gasteiger partial charge in [0.1, 0.15) is 0 Å². The minimum absolute atomic E-state index is 0.604. The van der Waals surface area contributed by atoms with E-state index >= 15 is 0 Å². The molecule has 0 fully saturated rings. The van der Waals surface area contributed by atoms with Gasteiger partial charge in [-0.2, -0.15) is 13.1 Å². The zero-order chi connectivity index (χ0) is 6.78. The van der Waals surface area contributed by atoms with Gasteiger partial charge in [0, 0.05) is 0 Å². The second-order valence-electron chi connectivity index (χ2n) is 0.845. The lowest BCUT2D eigenvalue weighted by Gasteiger charge is -1.87. The van der Waals surface area contributed by atoms with Gasteiger partial charge in [0.15, 0.2) is 0 Å². The van der Waals surface area contributed by atoms with Gasteiger partial charge in [-0.3, -0.25) is 0 Å². The van der Waals surface area contributed by atoms with Crippen molar-refractivity contribution in [3.8, 4) is 0 Å². The molecule has 48 valence electrons. The van der Waals surface area contributed by atoms with Crippen LogP contribution in [0.3, 0.4) is 0 Å². The molecule has 2 N–H and O–H groups in total. The topological polar surface area (TPSA) is 83.5 Å². The van der Waals surface area contributed by atoms with Gasteiger partial charge in [-0.1, -0.05) is 3.89 Å². The van der Waals surface area contributed by atoms with Gasteiger partial charge in [-0.25, -0.2) is 4.79 Å². The number of hydrogen-bond donors (Lipinski definition) is 2. The molecular weight excluding hydrogens is 141 g/mol. The molecule has 0 atom stereocenters. The lowest BCUT2D eigenvalue weighted by atomic mass is 11.3. The first-order chi connectivity index (χ1) is 3.42. The van der Waals surface area contributed by atoms with Crippen molar-refractivity contribution in [2.45, 2.75) is 0 Å². The predicted molar refractivity (Wildman–Crippen MR) is 21.2 cm³/mol. The molecule has 5 nitrogen and oxygen atoms in total. The van der Waals surface area contributed by atoms with E-state index in [0.717, 1.165) is 0 Å². The van der Waals surface area contributed by atoms with Crippen molar-refractivity contribution in [2.75, 3.05) is 0 Å². The highest BCUT2D eigenvalue weighted by molar-refractivity contribution is 7.84. The number of carbonyl (C=O) groups is 1. The van der Waals surface area contributed by atoms with E-state index < -0.39 is 16.5 Å². The fourth-order valence-electron chi connectivity index (χ4n) is 0.104. The highest BCUT2D eigenvalue weighted by Gasteiger charge is 2.08. The van der Waals surface area contributed by atoms with E-state index in [0.29, 0.717) is 4.72 Å². The van der Waals surface area contributed by atoms with E-state index in [2.05, 4.69) is 0 Å². The molecule has 0 heterocycles. The Labute approximate surface area is 44.5 Å². The molecule has 0 aliphatic heterocycles. The molecule has 0 radical (unpaired) electrons. The summed E-state index contributed by atoms with van der Waals surface area (Å²) >= 11 is 0. The van der Waals surface area contributed by atoms with Crippen molar-refractivity contribution in [1.82, 2.24) is 4.72 Å². The standard InChI is InChI=1S/CH2FNO4S/c2-8(6,7)3-1(4)5/h3H,(H,4,5). The van der Waals surface area contributed by atoms with Gasteiger partial charge >= 0.3 is 16.5 Å². The van der Waals surface area contributed by atoms with Crippen LogP contribution in [0.1, 0.15) is 0 Å². The summed E-state index contributed by atoms with van der Waals surface area (Å²) in [5.74, 6) is 0. The molecule has 0 aromatic carbocycles. The Balaban J connectivity index is 3.95. The predicted octanol–water partition coefficient (Wildman–Crippen LogP) is -0.532. The first-order valence-electron chi connectivity index (χ1n) is 1.37. The molecule has 0 saturated carbocycles. The highest BCUT2D eigenvalue weighted by Crippen LogP contribution is 1.80. The zero-order valence-corrected chi connectivity index (χ0v) is 4.27. The average Bonchev–Trinajstić information content (AvgIpc) is 1.21. The third-order valence-electron chi connectivity index (χ3n) is 0.209. The Hall–Kier alpha value is -0.850. The average molecular weight is 143 g/mol.